The van der Waals surface area contributed by atoms with Crippen LogP contribution in [0.4, 0.5) is 17.2 Å². The van der Waals surface area contributed by atoms with Crippen molar-refractivity contribution in [3.8, 4) is 0 Å². The molecule has 3 aromatic rings. The molecule has 2 aliphatic rings. The van der Waals surface area contributed by atoms with E-state index in [9.17, 15) is 4.79 Å². The molecule has 0 aliphatic carbocycles. The van der Waals surface area contributed by atoms with E-state index in [4.69, 9.17) is 0 Å². The number of hydrogen-bond acceptors (Lipinski definition) is 8. The van der Waals surface area contributed by atoms with Crippen LogP contribution in [0.2, 0.25) is 0 Å². The van der Waals surface area contributed by atoms with Gasteiger partial charge in [-0.15, -0.1) is 0 Å². The first-order chi connectivity index (χ1) is 18.6. The highest BCUT2D eigenvalue weighted by Gasteiger charge is 2.25. The van der Waals surface area contributed by atoms with Crippen LogP contribution in [0.1, 0.15) is 67.6 Å². The normalized spacial score (nSPS) is 16.5. The maximum Gasteiger partial charge on any atom is 0.186 e. The van der Waals surface area contributed by atoms with Gasteiger partial charge >= 0.3 is 0 Å². The minimum Gasteiger partial charge on any atom is -0.383 e. The van der Waals surface area contributed by atoms with Crippen LogP contribution >= 0.6 is 0 Å². The van der Waals surface area contributed by atoms with Gasteiger partial charge in [-0.25, -0.2) is 9.97 Å². The third kappa shape index (κ3) is 5.62. The van der Waals surface area contributed by atoms with Gasteiger partial charge in [0, 0.05) is 68.3 Å². The highest BCUT2D eigenvalue weighted by atomic mass is 16.1. The standard InChI is InChI=1S/C29H42N8O/c1-4-6-9-26(38)22-18-24(30-10-13-35-11-7-8-12-35)21(3)25(19-22)36-14-16-37(17-15-36)29-27-23(5-2)33-34-28(27)31-20-32-29/h18-20,30H,4-17H2,1-3H3,(H,31,32,33,34). The average Bonchev–Trinajstić information content (AvgIpc) is 3.62. The van der Waals surface area contributed by atoms with Crippen molar-refractivity contribution in [3.05, 3.63) is 35.3 Å². The second-order valence-electron chi connectivity index (χ2n) is 10.6. The van der Waals surface area contributed by atoms with E-state index in [0.717, 1.165) is 92.3 Å². The molecule has 38 heavy (non-hydrogen) atoms. The fourth-order valence-electron chi connectivity index (χ4n) is 5.76. The van der Waals surface area contributed by atoms with Crippen LogP contribution in [0.5, 0.6) is 0 Å². The first-order valence-electron chi connectivity index (χ1n) is 14.4. The summed E-state index contributed by atoms with van der Waals surface area (Å²) in [4.78, 5) is 29.4. The van der Waals surface area contributed by atoms with Crippen molar-refractivity contribution in [1.29, 1.82) is 0 Å². The highest BCUT2D eigenvalue weighted by Crippen LogP contribution is 2.32. The molecule has 2 aliphatic heterocycles. The fraction of sp³-hybridized carbons (Fsp3) is 0.586. The molecule has 9 heteroatoms. The molecule has 0 bridgehead atoms. The molecule has 2 N–H and O–H groups in total. The quantitative estimate of drug-likeness (QED) is 0.360. The predicted octanol–water partition coefficient (Wildman–Crippen LogP) is 4.43. The minimum absolute atomic E-state index is 0.241. The molecule has 1 aromatic carbocycles. The molecule has 0 amide bonds. The molecular formula is C29H42N8O. The van der Waals surface area contributed by atoms with E-state index < -0.39 is 0 Å². The molecule has 0 saturated carbocycles. The van der Waals surface area contributed by atoms with E-state index in [2.05, 4.69) is 73.1 Å². The summed E-state index contributed by atoms with van der Waals surface area (Å²) in [5.41, 5.74) is 6.12. The Hall–Kier alpha value is -3.20. The smallest absolute Gasteiger partial charge is 0.186 e. The van der Waals surface area contributed by atoms with Gasteiger partial charge in [-0.05, 0) is 63.4 Å². The summed E-state index contributed by atoms with van der Waals surface area (Å²) >= 11 is 0. The van der Waals surface area contributed by atoms with Crippen molar-refractivity contribution in [3.63, 3.8) is 0 Å². The molecular weight excluding hydrogens is 476 g/mol. The van der Waals surface area contributed by atoms with Gasteiger partial charge in [0.25, 0.3) is 0 Å². The monoisotopic (exact) mass is 518 g/mol. The van der Waals surface area contributed by atoms with E-state index in [1.165, 1.54) is 37.2 Å². The van der Waals surface area contributed by atoms with Gasteiger partial charge in [0.1, 0.15) is 12.1 Å². The van der Waals surface area contributed by atoms with E-state index in [-0.39, 0.29) is 5.78 Å². The van der Waals surface area contributed by atoms with E-state index >= 15 is 0 Å². The van der Waals surface area contributed by atoms with Crippen LogP contribution in [0.25, 0.3) is 11.0 Å². The second kappa shape index (κ2) is 12.1. The lowest BCUT2D eigenvalue weighted by molar-refractivity contribution is 0.0980. The van der Waals surface area contributed by atoms with Gasteiger partial charge in [-0.2, -0.15) is 5.10 Å². The number of anilines is 3. The number of H-pyrrole nitrogens is 1. The molecule has 0 unspecified atom stereocenters. The van der Waals surface area contributed by atoms with E-state index in [1.54, 1.807) is 6.33 Å². The number of carbonyl (C=O) groups excluding carboxylic acids is 1. The number of aryl methyl sites for hydroxylation is 1. The van der Waals surface area contributed by atoms with Crippen molar-refractivity contribution in [2.24, 2.45) is 0 Å². The maximum absolute atomic E-state index is 13.1. The summed E-state index contributed by atoms with van der Waals surface area (Å²) in [6, 6.07) is 4.21. The average molecular weight is 519 g/mol. The lowest BCUT2D eigenvalue weighted by Crippen LogP contribution is -2.47. The number of fused-ring (bicyclic) bond motifs is 1. The summed E-state index contributed by atoms with van der Waals surface area (Å²) in [6.07, 6.45) is 7.64. The molecule has 5 rings (SSSR count). The Morgan fingerprint density at radius 2 is 1.79 bits per heavy atom. The number of aromatic nitrogens is 4. The first-order valence-corrected chi connectivity index (χ1v) is 14.4. The van der Waals surface area contributed by atoms with Crippen LogP contribution in [0.15, 0.2) is 18.5 Å². The van der Waals surface area contributed by atoms with Crippen LogP contribution in [0, 0.1) is 6.92 Å². The summed E-state index contributed by atoms with van der Waals surface area (Å²) in [5, 5.41) is 12.2. The number of nitrogens with one attached hydrogen (secondary N) is 2. The number of likely N-dealkylation sites (tertiary alicyclic amines) is 1. The van der Waals surface area contributed by atoms with Gasteiger partial charge in [0.15, 0.2) is 11.4 Å². The molecule has 0 radical (unpaired) electrons. The van der Waals surface area contributed by atoms with Gasteiger partial charge < -0.3 is 20.0 Å². The maximum atomic E-state index is 13.1. The first kappa shape index (κ1) is 26.4. The van der Waals surface area contributed by atoms with Crippen LogP contribution in [-0.2, 0) is 6.42 Å². The Bertz CT molecular complexity index is 1240. The van der Waals surface area contributed by atoms with E-state index in [1.807, 2.05) is 0 Å². The van der Waals surface area contributed by atoms with Crippen LogP contribution < -0.4 is 15.1 Å². The number of benzene rings is 1. The summed E-state index contributed by atoms with van der Waals surface area (Å²) < 4.78 is 0. The number of hydrogen-bond donors (Lipinski definition) is 2. The Balaban J connectivity index is 1.34. The summed E-state index contributed by atoms with van der Waals surface area (Å²) in [6.45, 7) is 14.2. The lowest BCUT2D eigenvalue weighted by Gasteiger charge is -2.38. The lowest BCUT2D eigenvalue weighted by atomic mass is 10.00. The topological polar surface area (TPSA) is 93.3 Å². The second-order valence-corrected chi connectivity index (χ2v) is 10.6. The van der Waals surface area contributed by atoms with E-state index in [0.29, 0.717) is 6.42 Å². The number of carbonyl (C=O) groups is 1. The summed E-state index contributed by atoms with van der Waals surface area (Å²) in [7, 11) is 0. The Kier molecular flexibility index (Phi) is 8.42. The van der Waals surface area contributed by atoms with Gasteiger partial charge in [-0.3, -0.25) is 9.89 Å². The van der Waals surface area contributed by atoms with Crippen molar-refractivity contribution in [1.82, 2.24) is 25.1 Å². The molecule has 2 aromatic heterocycles. The Labute approximate surface area is 226 Å². The summed E-state index contributed by atoms with van der Waals surface area (Å²) in [5.74, 6) is 1.20. The molecule has 2 saturated heterocycles. The number of Topliss-reactive ketones (excluding diaryl/α,β-unsaturated/α-hetero) is 1. The Morgan fingerprint density at radius 3 is 2.53 bits per heavy atom. The van der Waals surface area contributed by atoms with Crippen molar-refractivity contribution in [2.75, 3.05) is 67.5 Å². The molecule has 4 heterocycles. The zero-order chi connectivity index (χ0) is 26.5. The molecule has 0 atom stereocenters. The molecule has 2 fully saturated rings. The number of aromatic amines is 1. The highest BCUT2D eigenvalue weighted by molar-refractivity contribution is 5.98. The van der Waals surface area contributed by atoms with Gasteiger partial charge in [0.05, 0.1) is 5.39 Å². The molecule has 0 spiro atoms. The predicted molar refractivity (Wildman–Crippen MR) is 155 cm³/mol. The Morgan fingerprint density at radius 1 is 1.03 bits per heavy atom. The fourth-order valence-corrected chi connectivity index (χ4v) is 5.76. The van der Waals surface area contributed by atoms with Crippen molar-refractivity contribution >= 4 is 34.0 Å². The largest absolute Gasteiger partial charge is 0.383 e. The van der Waals surface area contributed by atoms with Crippen LogP contribution in [-0.4, -0.2) is 83.2 Å². The molecule has 204 valence electrons. The number of rotatable bonds is 11. The number of nitrogens with zero attached hydrogens (tertiary/aromatic N) is 6. The third-order valence-electron chi connectivity index (χ3n) is 8.08. The van der Waals surface area contributed by atoms with Gasteiger partial charge in [-0.1, -0.05) is 20.3 Å². The third-order valence-corrected chi connectivity index (χ3v) is 8.08. The SMILES string of the molecule is CCCCC(=O)c1cc(NCCN2CCCC2)c(C)c(N2CCN(c3ncnc4n[nH]c(CC)c34)CC2)c1. The van der Waals surface area contributed by atoms with Crippen LogP contribution in [0.3, 0.4) is 0 Å². The van der Waals surface area contributed by atoms with Gasteiger partial charge in [0.2, 0.25) is 0 Å². The minimum atomic E-state index is 0.241. The zero-order valence-corrected chi connectivity index (χ0v) is 23.2. The van der Waals surface area contributed by atoms with Crippen molar-refractivity contribution < 1.29 is 4.79 Å². The van der Waals surface area contributed by atoms with Crippen molar-refractivity contribution in [2.45, 2.75) is 59.3 Å². The molecule has 9 nitrogen and oxygen atoms in total. The zero-order valence-electron chi connectivity index (χ0n) is 23.2. The number of unbranched alkanes of at least 4 members (excludes halogenated alkanes) is 1. The number of piperazine rings is 1. The number of ketones is 1.